The number of thioether (sulfide) groups is 1. The van der Waals surface area contributed by atoms with Crippen LogP contribution in [0.4, 0.5) is 5.13 Å². The molecular formula is C17H24N4O2S2. The Hall–Kier alpha value is -1.54. The van der Waals surface area contributed by atoms with Gasteiger partial charge in [0.2, 0.25) is 11.0 Å². The average Bonchev–Trinajstić information content (AvgIpc) is 3.26. The van der Waals surface area contributed by atoms with Gasteiger partial charge in [0.1, 0.15) is 5.76 Å². The lowest BCUT2D eigenvalue weighted by Gasteiger charge is -2.30. The summed E-state index contributed by atoms with van der Waals surface area (Å²) in [5.74, 6) is 1.50. The second-order valence-electron chi connectivity index (χ2n) is 6.44. The minimum absolute atomic E-state index is 0.0871. The zero-order valence-corrected chi connectivity index (χ0v) is 16.2. The van der Waals surface area contributed by atoms with E-state index in [-0.39, 0.29) is 11.2 Å². The number of rotatable bonds is 7. The normalized spacial score (nSPS) is 21.7. The molecule has 1 aliphatic carbocycles. The van der Waals surface area contributed by atoms with Gasteiger partial charge in [-0.1, -0.05) is 42.9 Å². The third-order valence-corrected chi connectivity index (χ3v) is 6.55. The molecule has 25 heavy (non-hydrogen) atoms. The average molecular weight is 381 g/mol. The Labute approximate surface area is 156 Å². The van der Waals surface area contributed by atoms with Crippen LogP contribution in [0.2, 0.25) is 0 Å². The van der Waals surface area contributed by atoms with Gasteiger partial charge in [-0.15, -0.1) is 10.2 Å². The first kappa shape index (κ1) is 18.3. The fourth-order valence-electron chi connectivity index (χ4n) is 2.94. The molecule has 2 heterocycles. The second kappa shape index (κ2) is 8.71. The molecule has 2 aromatic rings. The van der Waals surface area contributed by atoms with Crippen LogP contribution in [0.5, 0.6) is 0 Å². The molecule has 0 saturated heterocycles. The van der Waals surface area contributed by atoms with Crippen LogP contribution >= 0.6 is 23.1 Å². The number of aromatic nitrogens is 2. The van der Waals surface area contributed by atoms with Crippen LogP contribution in [0.1, 0.15) is 45.3 Å². The number of carbonyl (C=O) groups excluding carboxylic acids is 1. The number of hydrogen-bond acceptors (Lipinski definition) is 7. The predicted octanol–water partition coefficient (Wildman–Crippen LogP) is 3.92. The summed E-state index contributed by atoms with van der Waals surface area (Å²) in [6, 6.07) is 4.07. The van der Waals surface area contributed by atoms with Gasteiger partial charge in [-0.05, 0) is 37.8 Å². The van der Waals surface area contributed by atoms with Gasteiger partial charge in [0, 0.05) is 6.04 Å². The monoisotopic (exact) mass is 380 g/mol. The quantitative estimate of drug-likeness (QED) is 0.709. The molecule has 2 aromatic heterocycles. The molecule has 0 aromatic carbocycles. The summed E-state index contributed by atoms with van der Waals surface area (Å²) in [5.41, 5.74) is 0. The van der Waals surface area contributed by atoms with Crippen LogP contribution in [0.3, 0.4) is 0 Å². The first-order valence-corrected chi connectivity index (χ1v) is 10.4. The topological polar surface area (TPSA) is 80.0 Å². The third-order valence-electron chi connectivity index (χ3n) is 4.49. The second-order valence-corrected chi connectivity index (χ2v) is 9.01. The Balaban J connectivity index is 1.47. The van der Waals surface area contributed by atoms with Crippen molar-refractivity contribution in [1.82, 2.24) is 15.5 Å². The lowest BCUT2D eigenvalue weighted by molar-refractivity contribution is -0.121. The fraction of sp³-hybridized carbons (Fsp3) is 0.588. The number of anilines is 1. The molecule has 1 saturated carbocycles. The molecule has 1 fully saturated rings. The van der Waals surface area contributed by atoms with E-state index in [1.807, 2.05) is 19.1 Å². The molecule has 2 N–H and O–H groups in total. The fourth-order valence-corrected chi connectivity index (χ4v) is 4.84. The molecule has 1 aliphatic rings. The van der Waals surface area contributed by atoms with Gasteiger partial charge in [0.05, 0.1) is 18.1 Å². The van der Waals surface area contributed by atoms with E-state index in [4.69, 9.17) is 4.42 Å². The molecule has 3 rings (SSSR count). The maximum absolute atomic E-state index is 12.4. The van der Waals surface area contributed by atoms with Crippen molar-refractivity contribution in [1.29, 1.82) is 0 Å². The van der Waals surface area contributed by atoms with Crippen LogP contribution in [0.25, 0.3) is 0 Å². The standard InChI is InChI=1S/C17H24N4O2S2/c1-11-6-3-4-8-14(11)19-15(22)12(2)24-17-21-20-16(25-17)18-10-13-7-5-9-23-13/h5,7,9,11-12,14H,3-4,6,8,10H2,1-2H3,(H,18,20)(H,19,22)/t11-,12-,14+/m1/s1. The van der Waals surface area contributed by atoms with Crippen LogP contribution in [0.15, 0.2) is 27.2 Å². The Morgan fingerprint density at radius 1 is 1.44 bits per heavy atom. The summed E-state index contributed by atoms with van der Waals surface area (Å²) >= 11 is 2.91. The Kier molecular flexibility index (Phi) is 6.36. The zero-order chi connectivity index (χ0) is 17.6. The lowest BCUT2D eigenvalue weighted by Crippen LogP contribution is -2.44. The molecule has 0 radical (unpaired) electrons. The predicted molar refractivity (Wildman–Crippen MR) is 101 cm³/mol. The third kappa shape index (κ3) is 5.22. The van der Waals surface area contributed by atoms with Crippen LogP contribution < -0.4 is 10.6 Å². The van der Waals surface area contributed by atoms with Gasteiger partial charge >= 0.3 is 0 Å². The van der Waals surface area contributed by atoms with E-state index in [1.165, 1.54) is 42.4 Å². The molecule has 0 aliphatic heterocycles. The van der Waals surface area contributed by atoms with Crippen molar-refractivity contribution >= 4 is 34.1 Å². The first-order chi connectivity index (χ1) is 12.1. The maximum atomic E-state index is 12.4. The van der Waals surface area contributed by atoms with E-state index >= 15 is 0 Å². The van der Waals surface area contributed by atoms with E-state index in [1.54, 1.807) is 6.26 Å². The molecule has 136 valence electrons. The molecule has 6 nitrogen and oxygen atoms in total. The van der Waals surface area contributed by atoms with Crippen LogP contribution in [0, 0.1) is 5.92 Å². The van der Waals surface area contributed by atoms with E-state index in [0.717, 1.165) is 21.7 Å². The van der Waals surface area contributed by atoms with Crippen molar-refractivity contribution in [3.8, 4) is 0 Å². The SMILES string of the molecule is C[C@@H]1CCCC[C@@H]1NC(=O)[C@@H](C)Sc1nnc(NCc2ccco2)s1. The number of amides is 1. The summed E-state index contributed by atoms with van der Waals surface area (Å²) < 4.78 is 6.07. The molecule has 3 atom stereocenters. The largest absolute Gasteiger partial charge is 0.467 e. The highest BCUT2D eigenvalue weighted by molar-refractivity contribution is 8.02. The van der Waals surface area contributed by atoms with Crippen molar-refractivity contribution in [2.24, 2.45) is 5.92 Å². The highest BCUT2D eigenvalue weighted by Gasteiger charge is 2.25. The summed E-state index contributed by atoms with van der Waals surface area (Å²) in [4.78, 5) is 12.4. The van der Waals surface area contributed by atoms with E-state index in [2.05, 4.69) is 27.8 Å². The van der Waals surface area contributed by atoms with Crippen molar-refractivity contribution in [2.75, 3.05) is 5.32 Å². The number of carbonyl (C=O) groups is 1. The van der Waals surface area contributed by atoms with E-state index < -0.39 is 0 Å². The van der Waals surface area contributed by atoms with Gasteiger partial charge in [0.15, 0.2) is 4.34 Å². The van der Waals surface area contributed by atoms with Gasteiger partial charge in [-0.25, -0.2) is 0 Å². The van der Waals surface area contributed by atoms with Crippen molar-refractivity contribution in [2.45, 2.75) is 61.7 Å². The van der Waals surface area contributed by atoms with Gasteiger partial charge in [-0.2, -0.15) is 0 Å². The number of hydrogen-bond donors (Lipinski definition) is 2. The van der Waals surface area contributed by atoms with Gasteiger partial charge in [0.25, 0.3) is 0 Å². The summed E-state index contributed by atoms with van der Waals surface area (Å²) in [7, 11) is 0. The molecular weight excluding hydrogens is 356 g/mol. The number of furan rings is 1. The minimum atomic E-state index is -0.181. The molecule has 8 heteroatoms. The van der Waals surface area contributed by atoms with E-state index in [9.17, 15) is 4.79 Å². The van der Waals surface area contributed by atoms with Crippen LogP contribution in [-0.2, 0) is 11.3 Å². The van der Waals surface area contributed by atoms with Crippen LogP contribution in [-0.4, -0.2) is 27.4 Å². The van der Waals surface area contributed by atoms with Gasteiger partial charge in [-0.3, -0.25) is 4.79 Å². The van der Waals surface area contributed by atoms with Crippen molar-refractivity contribution in [3.05, 3.63) is 24.2 Å². The number of nitrogens with zero attached hydrogens (tertiary/aromatic N) is 2. The summed E-state index contributed by atoms with van der Waals surface area (Å²) in [6.45, 7) is 4.72. The molecule has 0 bridgehead atoms. The molecule has 0 unspecified atom stereocenters. The Morgan fingerprint density at radius 2 is 2.28 bits per heavy atom. The highest BCUT2D eigenvalue weighted by atomic mass is 32.2. The first-order valence-electron chi connectivity index (χ1n) is 8.68. The Bertz CT molecular complexity index is 674. The maximum Gasteiger partial charge on any atom is 0.233 e. The highest BCUT2D eigenvalue weighted by Crippen LogP contribution is 2.30. The Morgan fingerprint density at radius 3 is 3.04 bits per heavy atom. The number of nitrogens with one attached hydrogen (secondary N) is 2. The van der Waals surface area contributed by atoms with Gasteiger partial charge < -0.3 is 15.1 Å². The summed E-state index contributed by atoms with van der Waals surface area (Å²) in [5, 5.41) is 15.2. The molecule has 1 amide bonds. The lowest BCUT2D eigenvalue weighted by atomic mass is 9.86. The molecule has 0 spiro atoms. The summed E-state index contributed by atoms with van der Waals surface area (Å²) in [6.07, 6.45) is 6.41. The zero-order valence-electron chi connectivity index (χ0n) is 14.5. The van der Waals surface area contributed by atoms with E-state index in [0.29, 0.717) is 18.5 Å². The van der Waals surface area contributed by atoms with Crippen molar-refractivity contribution < 1.29 is 9.21 Å². The minimum Gasteiger partial charge on any atom is -0.467 e. The van der Waals surface area contributed by atoms with Crippen molar-refractivity contribution in [3.63, 3.8) is 0 Å². The smallest absolute Gasteiger partial charge is 0.233 e.